The van der Waals surface area contributed by atoms with E-state index in [2.05, 4.69) is 5.32 Å². The van der Waals surface area contributed by atoms with Crippen LogP contribution in [0.25, 0.3) is 0 Å². The molecule has 0 aliphatic heterocycles. The third-order valence-electron chi connectivity index (χ3n) is 2.25. The maximum atomic E-state index is 11.8. The monoisotopic (exact) mass is 275 g/mol. The zero-order chi connectivity index (χ0) is 12.7. The van der Waals surface area contributed by atoms with E-state index in [4.69, 9.17) is 27.9 Å². The third-order valence-corrected chi connectivity index (χ3v) is 2.76. The van der Waals surface area contributed by atoms with E-state index in [0.29, 0.717) is 28.8 Å². The van der Waals surface area contributed by atoms with Crippen molar-refractivity contribution in [1.29, 1.82) is 0 Å². The summed E-state index contributed by atoms with van der Waals surface area (Å²) >= 11 is 11.4. The van der Waals surface area contributed by atoms with Gasteiger partial charge in [0.15, 0.2) is 0 Å². The van der Waals surface area contributed by atoms with Crippen molar-refractivity contribution in [3.63, 3.8) is 0 Å². The number of unbranched alkanes of at least 4 members (excludes halogenated alkanes) is 1. The zero-order valence-electron chi connectivity index (χ0n) is 9.63. The first-order valence-electron chi connectivity index (χ1n) is 5.36. The number of halogens is 2. The van der Waals surface area contributed by atoms with E-state index in [-0.39, 0.29) is 5.91 Å². The number of carbonyl (C=O) groups is 1. The van der Waals surface area contributed by atoms with Crippen LogP contribution in [-0.4, -0.2) is 25.4 Å². The van der Waals surface area contributed by atoms with Gasteiger partial charge in [0, 0.05) is 17.4 Å². The van der Waals surface area contributed by atoms with E-state index in [9.17, 15) is 4.79 Å². The number of ether oxygens (including phenoxy) is 1. The van der Waals surface area contributed by atoms with Gasteiger partial charge in [0.25, 0.3) is 5.91 Å². The summed E-state index contributed by atoms with van der Waals surface area (Å²) in [5.41, 5.74) is 0.489. The van der Waals surface area contributed by atoms with Gasteiger partial charge in [-0.05, 0) is 31.0 Å². The van der Waals surface area contributed by atoms with E-state index >= 15 is 0 Å². The van der Waals surface area contributed by atoms with E-state index in [0.717, 1.165) is 12.8 Å². The molecule has 0 heterocycles. The molecule has 0 aliphatic rings. The van der Waals surface area contributed by atoms with Gasteiger partial charge >= 0.3 is 0 Å². The van der Waals surface area contributed by atoms with E-state index < -0.39 is 0 Å². The number of hydrogen-bond donors (Lipinski definition) is 1. The van der Waals surface area contributed by atoms with Crippen molar-refractivity contribution in [1.82, 2.24) is 5.32 Å². The highest BCUT2D eigenvalue weighted by Gasteiger charge is 2.11. The standard InChI is InChI=1S/C12H15Cl2NO2/c1-17-11-8-9(14)4-5-10(11)12(16)15-7-3-2-6-13/h4-5,8H,2-3,6-7H2,1H3,(H,15,16). The fourth-order valence-corrected chi connectivity index (χ4v) is 1.72. The average Bonchev–Trinajstić information content (AvgIpc) is 2.34. The Hall–Kier alpha value is -0.930. The normalized spacial score (nSPS) is 10.1. The lowest BCUT2D eigenvalue weighted by Crippen LogP contribution is -2.24. The second-order valence-electron chi connectivity index (χ2n) is 3.50. The molecule has 0 saturated carbocycles. The molecule has 0 aliphatic carbocycles. The summed E-state index contributed by atoms with van der Waals surface area (Å²) in [7, 11) is 1.51. The van der Waals surface area contributed by atoms with Gasteiger partial charge in [0.05, 0.1) is 12.7 Å². The fraction of sp³-hybridized carbons (Fsp3) is 0.417. The summed E-state index contributed by atoms with van der Waals surface area (Å²) < 4.78 is 5.11. The van der Waals surface area contributed by atoms with Gasteiger partial charge < -0.3 is 10.1 Å². The van der Waals surface area contributed by atoms with Crippen molar-refractivity contribution < 1.29 is 9.53 Å². The van der Waals surface area contributed by atoms with Gasteiger partial charge in [0.1, 0.15) is 5.75 Å². The highest BCUT2D eigenvalue weighted by atomic mass is 35.5. The molecular formula is C12H15Cl2NO2. The Bertz CT molecular complexity index is 383. The van der Waals surface area contributed by atoms with Crippen LogP contribution in [0.5, 0.6) is 5.75 Å². The number of rotatable bonds is 6. The highest BCUT2D eigenvalue weighted by molar-refractivity contribution is 6.30. The predicted molar refractivity (Wildman–Crippen MR) is 70.3 cm³/mol. The molecule has 1 amide bonds. The zero-order valence-corrected chi connectivity index (χ0v) is 11.1. The van der Waals surface area contributed by atoms with Crippen molar-refractivity contribution in [2.45, 2.75) is 12.8 Å². The van der Waals surface area contributed by atoms with Gasteiger partial charge in [0.2, 0.25) is 0 Å². The van der Waals surface area contributed by atoms with Crippen molar-refractivity contribution in [3.8, 4) is 5.75 Å². The van der Waals surface area contributed by atoms with Gasteiger partial charge in [-0.15, -0.1) is 11.6 Å². The first-order chi connectivity index (χ1) is 8.19. The maximum absolute atomic E-state index is 11.8. The Morgan fingerprint density at radius 1 is 1.41 bits per heavy atom. The van der Waals surface area contributed by atoms with Crippen LogP contribution in [0.15, 0.2) is 18.2 Å². The first-order valence-corrected chi connectivity index (χ1v) is 6.28. The molecule has 1 N–H and O–H groups in total. The summed E-state index contributed by atoms with van der Waals surface area (Å²) in [4.78, 5) is 11.8. The van der Waals surface area contributed by atoms with Crippen molar-refractivity contribution in [2.75, 3.05) is 19.5 Å². The van der Waals surface area contributed by atoms with Gasteiger partial charge in [-0.1, -0.05) is 11.6 Å². The lowest BCUT2D eigenvalue weighted by atomic mass is 10.2. The van der Waals surface area contributed by atoms with Crippen LogP contribution in [0.2, 0.25) is 5.02 Å². The molecule has 0 fully saturated rings. The number of nitrogens with one attached hydrogen (secondary N) is 1. The average molecular weight is 276 g/mol. The first kappa shape index (κ1) is 14.1. The molecule has 3 nitrogen and oxygen atoms in total. The molecule has 0 bridgehead atoms. The molecule has 0 atom stereocenters. The van der Waals surface area contributed by atoms with Crippen LogP contribution < -0.4 is 10.1 Å². The second-order valence-corrected chi connectivity index (χ2v) is 4.31. The molecule has 0 saturated heterocycles. The molecule has 94 valence electrons. The number of amides is 1. The highest BCUT2D eigenvalue weighted by Crippen LogP contribution is 2.22. The molecule has 5 heteroatoms. The van der Waals surface area contributed by atoms with Gasteiger partial charge in [-0.3, -0.25) is 4.79 Å². The molecule has 1 rings (SSSR count). The molecule has 17 heavy (non-hydrogen) atoms. The summed E-state index contributed by atoms with van der Waals surface area (Å²) in [6.45, 7) is 0.608. The third kappa shape index (κ3) is 4.44. The molecule has 0 radical (unpaired) electrons. The van der Waals surface area contributed by atoms with E-state index in [1.807, 2.05) is 0 Å². The van der Waals surface area contributed by atoms with Crippen LogP contribution >= 0.6 is 23.2 Å². The van der Waals surface area contributed by atoms with Crippen molar-refractivity contribution in [2.24, 2.45) is 0 Å². The van der Waals surface area contributed by atoms with Gasteiger partial charge in [-0.25, -0.2) is 0 Å². The quantitative estimate of drug-likeness (QED) is 0.640. The predicted octanol–water partition coefficient (Wildman–Crippen LogP) is 3.10. The summed E-state index contributed by atoms with van der Waals surface area (Å²) in [6, 6.07) is 4.94. The minimum atomic E-state index is -0.159. The second kappa shape index (κ2) is 7.41. The molecule has 1 aromatic rings. The summed E-state index contributed by atoms with van der Waals surface area (Å²) in [5, 5.41) is 3.35. The van der Waals surface area contributed by atoms with Crippen LogP contribution in [-0.2, 0) is 0 Å². The smallest absolute Gasteiger partial charge is 0.255 e. The number of carbonyl (C=O) groups excluding carboxylic acids is 1. The maximum Gasteiger partial charge on any atom is 0.255 e. The molecular weight excluding hydrogens is 261 g/mol. The lowest BCUT2D eigenvalue weighted by molar-refractivity contribution is 0.0950. The number of methoxy groups -OCH3 is 1. The number of benzene rings is 1. The van der Waals surface area contributed by atoms with Crippen molar-refractivity contribution >= 4 is 29.1 Å². The SMILES string of the molecule is COc1cc(Cl)ccc1C(=O)NCCCCCl. The Morgan fingerprint density at radius 2 is 2.18 bits per heavy atom. The van der Waals surface area contributed by atoms with Crippen molar-refractivity contribution in [3.05, 3.63) is 28.8 Å². The molecule has 0 aromatic heterocycles. The summed E-state index contributed by atoms with van der Waals surface area (Å²) in [5.74, 6) is 0.931. The fourth-order valence-electron chi connectivity index (χ4n) is 1.37. The largest absolute Gasteiger partial charge is 0.496 e. The lowest BCUT2D eigenvalue weighted by Gasteiger charge is -2.09. The van der Waals surface area contributed by atoms with Gasteiger partial charge in [-0.2, -0.15) is 0 Å². The van der Waals surface area contributed by atoms with Crippen LogP contribution in [0.3, 0.4) is 0 Å². The van der Waals surface area contributed by atoms with Crippen LogP contribution in [0, 0.1) is 0 Å². The Balaban J connectivity index is 2.62. The van der Waals surface area contributed by atoms with E-state index in [1.54, 1.807) is 18.2 Å². The minimum absolute atomic E-state index is 0.159. The van der Waals surface area contributed by atoms with E-state index in [1.165, 1.54) is 7.11 Å². The molecule has 0 unspecified atom stereocenters. The van der Waals surface area contributed by atoms with Crippen LogP contribution in [0.4, 0.5) is 0 Å². The Morgan fingerprint density at radius 3 is 2.82 bits per heavy atom. The van der Waals surface area contributed by atoms with Crippen LogP contribution in [0.1, 0.15) is 23.2 Å². The topological polar surface area (TPSA) is 38.3 Å². The Labute approximate surface area is 111 Å². The minimum Gasteiger partial charge on any atom is -0.496 e. The molecule has 0 spiro atoms. The number of hydrogen-bond acceptors (Lipinski definition) is 2. The Kier molecular flexibility index (Phi) is 6.16. The summed E-state index contributed by atoms with van der Waals surface area (Å²) in [6.07, 6.45) is 1.75. The number of alkyl halides is 1. The molecule has 1 aromatic carbocycles.